The molecule has 0 amide bonds. The smallest absolute Gasteiger partial charge is 0.338 e. The number of carboxylic acids is 1. The van der Waals surface area contributed by atoms with Crippen molar-refractivity contribution in [3.8, 4) is 5.75 Å². The van der Waals surface area contributed by atoms with Crippen LogP contribution in [0, 0.1) is 5.82 Å². The van der Waals surface area contributed by atoms with E-state index >= 15 is 0 Å². The Balaban J connectivity index is 1.52. The van der Waals surface area contributed by atoms with Crippen molar-refractivity contribution in [2.45, 2.75) is 44.2 Å². The molecule has 3 rings (SSSR count). The van der Waals surface area contributed by atoms with Gasteiger partial charge in [0, 0.05) is 24.9 Å². The molecule has 1 N–H and O–H groups in total. The minimum absolute atomic E-state index is 0.118. The van der Waals surface area contributed by atoms with Crippen molar-refractivity contribution in [1.29, 1.82) is 0 Å². The van der Waals surface area contributed by atoms with E-state index in [0.717, 1.165) is 18.9 Å². The molecular weight excluding hydrogens is 273 g/mol. The van der Waals surface area contributed by atoms with Crippen LogP contribution in [-0.4, -0.2) is 41.2 Å². The third-order valence-corrected chi connectivity index (χ3v) is 4.45. The summed E-state index contributed by atoms with van der Waals surface area (Å²) < 4.78 is 19.3. The molecule has 1 heterocycles. The molecule has 0 radical (unpaired) electrons. The number of piperidine rings is 1. The fourth-order valence-electron chi connectivity index (χ4n) is 3.15. The predicted molar refractivity (Wildman–Crippen MR) is 76.2 cm³/mol. The van der Waals surface area contributed by atoms with Gasteiger partial charge in [-0.3, -0.25) is 0 Å². The second kappa shape index (κ2) is 6.02. The van der Waals surface area contributed by atoms with Gasteiger partial charge < -0.3 is 14.7 Å². The number of rotatable bonds is 4. The highest BCUT2D eigenvalue weighted by atomic mass is 19.1. The van der Waals surface area contributed by atoms with Gasteiger partial charge in [-0.1, -0.05) is 6.42 Å². The standard InChI is InChI=1S/C16H20FNO3/c17-15-10-12(4-5-14(15)16(19)20)21-13-8-11(9-13)18-6-2-1-3-7-18/h4-5,10-11,13H,1-3,6-9H2,(H,19,20). The van der Waals surface area contributed by atoms with Gasteiger partial charge >= 0.3 is 5.97 Å². The normalized spacial score (nSPS) is 26.1. The van der Waals surface area contributed by atoms with Crippen LogP contribution >= 0.6 is 0 Å². The van der Waals surface area contributed by atoms with E-state index in [1.54, 1.807) is 0 Å². The lowest BCUT2D eigenvalue weighted by Gasteiger charge is -2.44. The molecule has 1 saturated carbocycles. The highest BCUT2D eigenvalue weighted by molar-refractivity contribution is 5.88. The number of hydrogen-bond acceptors (Lipinski definition) is 3. The Kier molecular flexibility index (Phi) is 4.10. The molecule has 4 nitrogen and oxygen atoms in total. The largest absolute Gasteiger partial charge is 0.490 e. The van der Waals surface area contributed by atoms with Crippen molar-refractivity contribution >= 4 is 5.97 Å². The maximum Gasteiger partial charge on any atom is 0.338 e. The number of carbonyl (C=O) groups is 1. The average molecular weight is 293 g/mol. The van der Waals surface area contributed by atoms with Crippen molar-refractivity contribution in [3.63, 3.8) is 0 Å². The van der Waals surface area contributed by atoms with Crippen molar-refractivity contribution in [2.75, 3.05) is 13.1 Å². The van der Waals surface area contributed by atoms with Gasteiger partial charge in [0.2, 0.25) is 0 Å². The molecule has 114 valence electrons. The van der Waals surface area contributed by atoms with Crippen LogP contribution in [0.5, 0.6) is 5.75 Å². The first kappa shape index (κ1) is 14.3. The second-order valence-corrected chi connectivity index (χ2v) is 5.91. The number of carboxylic acid groups (broad SMARTS) is 1. The van der Waals surface area contributed by atoms with Crippen LogP contribution in [0.1, 0.15) is 42.5 Å². The molecule has 1 aromatic carbocycles. The molecule has 0 spiro atoms. The van der Waals surface area contributed by atoms with Gasteiger partial charge in [-0.25, -0.2) is 9.18 Å². The molecule has 2 aliphatic rings. The maximum atomic E-state index is 13.6. The summed E-state index contributed by atoms with van der Waals surface area (Å²) in [7, 11) is 0. The van der Waals surface area contributed by atoms with Gasteiger partial charge in [0.05, 0.1) is 5.56 Å². The zero-order valence-electron chi connectivity index (χ0n) is 11.9. The summed E-state index contributed by atoms with van der Waals surface area (Å²) in [6, 6.07) is 4.55. The lowest BCUT2D eigenvalue weighted by molar-refractivity contribution is 0.00878. The average Bonchev–Trinajstić information content (AvgIpc) is 2.43. The highest BCUT2D eigenvalue weighted by Crippen LogP contribution is 2.31. The van der Waals surface area contributed by atoms with E-state index < -0.39 is 11.8 Å². The predicted octanol–water partition coefficient (Wildman–Crippen LogP) is 2.92. The Morgan fingerprint density at radius 1 is 1.24 bits per heavy atom. The van der Waals surface area contributed by atoms with E-state index in [2.05, 4.69) is 4.90 Å². The lowest BCUT2D eigenvalue weighted by Crippen LogP contribution is -2.50. The van der Waals surface area contributed by atoms with Crippen LogP contribution in [0.15, 0.2) is 18.2 Å². The summed E-state index contributed by atoms with van der Waals surface area (Å²) in [6.45, 7) is 2.36. The van der Waals surface area contributed by atoms with Crippen LogP contribution in [0.2, 0.25) is 0 Å². The van der Waals surface area contributed by atoms with E-state index in [1.807, 2.05) is 0 Å². The topological polar surface area (TPSA) is 49.8 Å². The molecule has 0 unspecified atom stereocenters. The first-order chi connectivity index (χ1) is 10.1. The fraction of sp³-hybridized carbons (Fsp3) is 0.562. The van der Waals surface area contributed by atoms with E-state index in [0.29, 0.717) is 11.8 Å². The minimum Gasteiger partial charge on any atom is -0.490 e. The molecule has 21 heavy (non-hydrogen) atoms. The zero-order valence-corrected chi connectivity index (χ0v) is 11.9. The molecule has 0 aromatic heterocycles. The van der Waals surface area contributed by atoms with Crippen LogP contribution in [0.4, 0.5) is 4.39 Å². The van der Waals surface area contributed by atoms with Crippen LogP contribution in [0.25, 0.3) is 0 Å². The van der Waals surface area contributed by atoms with E-state index in [1.165, 1.54) is 44.5 Å². The molecule has 1 aromatic rings. The number of likely N-dealkylation sites (tertiary alicyclic amines) is 1. The van der Waals surface area contributed by atoms with Gasteiger partial charge in [-0.2, -0.15) is 0 Å². The molecule has 1 aliphatic heterocycles. The van der Waals surface area contributed by atoms with Crippen LogP contribution < -0.4 is 4.74 Å². The van der Waals surface area contributed by atoms with Crippen LogP contribution in [0.3, 0.4) is 0 Å². The lowest BCUT2D eigenvalue weighted by atomic mass is 9.86. The van der Waals surface area contributed by atoms with Gasteiger partial charge in [0.1, 0.15) is 17.7 Å². The molecule has 2 fully saturated rings. The Bertz CT molecular complexity index is 522. The number of ether oxygens (including phenoxy) is 1. The van der Waals surface area contributed by atoms with Crippen molar-refractivity contribution in [1.82, 2.24) is 4.90 Å². The van der Waals surface area contributed by atoms with E-state index in [9.17, 15) is 9.18 Å². The van der Waals surface area contributed by atoms with Crippen molar-refractivity contribution in [3.05, 3.63) is 29.6 Å². The van der Waals surface area contributed by atoms with Crippen LogP contribution in [-0.2, 0) is 0 Å². The summed E-state index contributed by atoms with van der Waals surface area (Å²) in [5.41, 5.74) is -0.317. The van der Waals surface area contributed by atoms with E-state index in [-0.39, 0.29) is 11.7 Å². The molecular formula is C16H20FNO3. The summed E-state index contributed by atoms with van der Waals surface area (Å²) in [5, 5.41) is 8.79. The number of nitrogens with zero attached hydrogens (tertiary/aromatic N) is 1. The summed E-state index contributed by atoms with van der Waals surface area (Å²) in [4.78, 5) is 13.3. The Hall–Kier alpha value is -1.62. The monoisotopic (exact) mass is 293 g/mol. The van der Waals surface area contributed by atoms with Crippen molar-refractivity contribution in [2.24, 2.45) is 0 Å². The SMILES string of the molecule is O=C(O)c1ccc(OC2CC(N3CCCCC3)C2)cc1F. The van der Waals surface area contributed by atoms with Gasteiger partial charge in [-0.15, -0.1) is 0 Å². The number of hydrogen-bond donors (Lipinski definition) is 1. The maximum absolute atomic E-state index is 13.6. The first-order valence-corrected chi connectivity index (χ1v) is 7.57. The third-order valence-electron chi connectivity index (χ3n) is 4.45. The molecule has 5 heteroatoms. The molecule has 0 bridgehead atoms. The summed E-state index contributed by atoms with van der Waals surface area (Å²) in [6.07, 6.45) is 5.96. The molecule has 1 aliphatic carbocycles. The number of aromatic carboxylic acids is 1. The molecule has 1 saturated heterocycles. The number of halogens is 1. The number of benzene rings is 1. The van der Waals surface area contributed by atoms with Crippen molar-refractivity contribution < 1.29 is 19.0 Å². The van der Waals surface area contributed by atoms with Gasteiger partial charge in [0.15, 0.2) is 0 Å². The second-order valence-electron chi connectivity index (χ2n) is 5.91. The van der Waals surface area contributed by atoms with E-state index in [4.69, 9.17) is 9.84 Å². The first-order valence-electron chi connectivity index (χ1n) is 7.57. The summed E-state index contributed by atoms with van der Waals surface area (Å²) >= 11 is 0. The zero-order chi connectivity index (χ0) is 14.8. The Labute approximate surface area is 123 Å². The Morgan fingerprint density at radius 2 is 1.95 bits per heavy atom. The molecule has 0 atom stereocenters. The summed E-state index contributed by atoms with van der Waals surface area (Å²) in [5.74, 6) is -1.58. The third kappa shape index (κ3) is 3.18. The Morgan fingerprint density at radius 3 is 2.57 bits per heavy atom. The quantitative estimate of drug-likeness (QED) is 0.927. The van der Waals surface area contributed by atoms with Gasteiger partial charge in [0.25, 0.3) is 0 Å². The van der Waals surface area contributed by atoms with Gasteiger partial charge in [-0.05, 0) is 38.1 Å². The fourth-order valence-corrected chi connectivity index (χ4v) is 3.15. The highest BCUT2D eigenvalue weighted by Gasteiger charge is 2.35. The minimum atomic E-state index is -1.26.